The van der Waals surface area contributed by atoms with Gasteiger partial charge in [0.1, 0.15) is 0 Å². The first-order valence-corrected chi connectivity index (χ1v) is 5.81. The molecule has 1 aliphatic carbocycles. The van der Waals surface area contributed by atoms with Gasteiger partial charge in [0.05, 0.1) is 12.2 Å². The fourth-order valence-electron chi connectivity index (χ4n) is 1.06. The van der Waals surface area contributed by atoms with Crippen molar-refractivity contribution in [1.82, 2.24) is 0 Å². The monoisotopic (exact) mass is 274 g/mol. The van der Waals surface area contributed by atoms with E-state index in [1.807, 2.05) is 0 Å². The maximum Gasteiger partial charge on any atom is 0.330 e. The van der Waals surface area contributed by atoms with E-state index in [0.29, 0.717) is 0 Å². The Hall–Kier alpha value is -1.66. The first-order valence-electron chi connectivity index (χ1n) is 5.81. The van der Waals surface area contributed by atoms with Crippen molar-refractivity contribution in [2.24, 2.45) is 0 Å². The van der Waals surface area contributed by atoms with Crippen molar-refractivity contribution in [3.8, 4) is 0 Å². The second kappa shape index (κ2) is 11.4. The Balaban J connectivity index is 0. The van der Waals surface area contributed by atoms with Gasteiger partial charge in [0.15, 0.2) is 0 Å². The van der Waals surface area contributed by atoms with Crippen molar-refractivity contribution in [3.05, 3.63) is 24.8 Å². The zero-order valence-corrected chi connectivity index (χ0v) is 11.1. The zero-order valence-electron chi connectivity index (χ0n) is 11.1. The lowest BCUT2D eigenvalue weighted by molar-refractivity contribution is -0.133. The molecule has 0 aliphatic heterocycles. The van der Waals surface area contributed by atoms with Gasteiger partial charge in [-0.1, -0.05) is 13.2 Å². The molecule has 110 valence electrons. The van der Waals surface area contributed by atoms with Gasteiger partial charge in [-0.05, 0) is 32.6 Å². The van der Waals surface area contributed by atoms with Crippen LogP contribution in [0.5, 0.6) is 0 Å². The lowest BCUT2D eigenvalue weighted by atomic mass is 9.95. The highest BCUT2D eigenvalue weighted by Crippen LogP contribution is 2.17. The van der Waals surface area contributed by atoms with E-state index < -0.39 is 11.9 Å². The number of carboxylic acids is 2. The van der Waals surface area contributed by atoms with Crippen LogP contribution in [0.2, 0.25) is 0 Å². The van der Waals surface area contributed by atoms with E-state index in [4.69, 9.17) is 20.4 Å². The number of carbonyl (C=O) groups is 2. The number of carboxylic acid groups (broad SMARTS) is 2. The quantitative estimate of drug-likeness (QED) is 0.562. The number of aliphatic carboxylic acids is 2. The Bertz CT molecular complexity index is 280. The molecule has 0 unspecified atom stereocenters. The van der Waals surface area contributed by atoms with Gasteiger partial charge in [-0.3, -0.25) is 0 Å². The molecule has 0 bridgehead atoms. The van der Waals surface area contributed by atoms with Gasteiger partial charge in [-0.25, -0.2) is 9.59 Å². The summed E-state index contributed by atoms with van der Waals surface area (Å²) in [6.07, 6.45) is 3.67. The standard InChI is InChI=1S/C6H12O2.C4H6O2.C3H4O2/c7-5-1-2-6(8)4-3-5;1-3(2)4(5)6;1-2-3(4)5/h5-8H,1-4H2;1H2,2H3,(H,5,6);2H,1H2,(H,4,5). The minimum absolute atomic E-state index is 0.140. The molecule has 0 aromatic carbocycles. The molecule has 19 heavy (non-hydrogen) atoms. The van der Waals surface area contributed by atoms with Gasteiger partial charge < -0.3 is 20.4 Å². The molecule has 0 amide bonds. The molecule has 0 saturated heterocycles. The molecule has 1 fully saturated rings. The van der Waals surface area contributed by atoms with Crippen molar-refractivity contribution in [1.29, 1.82) is 0 Å². The summed E-state index contributed by atoms with van der Waals surface area (Å²) in [5.74, 6) is -1.92. The molecule has 0 aromatic heterocycles. The van der Waals surface area contributed by atoms with Gasteiger partial charge in [-0.2, -0.15) is 0 Å². The van der Waals surface area contributed by atoms with Gasteiger partial charge in [0.2, 0.25) is 0 Å². The van der Waals surface area contributed by atoms with E-state index in [1.165, 1.54) is 6.92 Å². The normalized spacial score (nSPS) is 20.8. The summed E-state index contributed by atoms with van der Waals surface area (Å²) in [6.45, 7) is 7.56. The van der Waals surface area contributed by atoms with E-state index in [2.05, 4.69) is 13.2 Å². The van der Waals surface area contributed by atoms with Crippen LogP contribution in [0.3, 0.4) is 0 Å². The summed E-state index contributed by atoms with van der Waals surface area (Å²) < 4.78 is 0. The fraction of sp³-hybridized carbons (Fsp3) is 0.538. The molecule has 0 aromatic rings. The van der Waals surface area contributed by atoms with Gasteiger partial charge in [-0.15, -0.1) is 0 Å². The summed E-state index contributed by atoms with van der Waals surface area (Å²) >= 11 is 0. The van der Waals surface area contributed by atoms with Gasteiger partial charge in [0.25, 0.3) is 0 Å². The SMILES string of the molecule is C=C(C)C(=O)O.C=CC(=O)O.OC1CCC(O)CC1. The largest absolute Gasteiger partial charge is 0.478 e. The summed E-state index contributed by atoms with van der Waals surface area (Å²) in [7, 11) is 0. The highest BCUT2D eigenvalue weighted by molar-refractivity contribution is 5.84. The minimum atomic E-state index is -0.981. The lowest BCUT2D eigenvalue weighted by Gasteiger charge is -2.20. The van der Waals surface area contributed by atoms with Gasteiger partial charge in [0, 0.05) is 11.6 Å². The molecule has 6 nitrogen and oxygen atoms in total. The summed E-state index contributed by atoms with van der Waals surface area (Å²) in [5.41, 5.74) is 0.176. The van der Waals surface area contributed by atoms with Crippen LogP contribution >= 0.6 is 0 Å². The van der Waals surface area contributed by atoms with E-state index >= 15 is 0 Å². The zero-order chi connectivity index (χ0) is 15.4. The van der Waals surface area contributed by atoms with Crippen LogP contribution < -0.4 is 0 Å². The van der Waals surface area contributed by atoms with Gasteiger partial charge >= 0.3 is 11.9 Å². The molecule has 0 heterocycles. The maximum atomic E-state index is 9.60. The topological polar surface area (TPSA) is 115 Å². The summed E-state index contributed by atoms with van der Waals surface area (Å²) in [5, 5.41) is 33.3. The molecule has 6 heteroatoms. The van der Waals surface area contributed by atoms with Crippen molar-refractivity contribution in [3.63, 3.8) is 0 Å². The number of hydrogen-bond acceptors (Lipinski definition) is 4. The third-order valence-corrected chi connectivity index (χ3v) is 2.21. The maximum absolute atomic E-state index is 9.60. The molecule has 1 aliphatic rings. The Morgan fingerprint density at radius 3 is 1.37 bits per heavy atom. The van der Waals surface area contributed by atoms with Crippen LogP contribution in [0.4, 0.5) is 0 Å². The third kappa shape index (κ3) is 16.3. The summed E-state index contributed by atoms with van der Waals surface area (Å²) in [6, 6.07) is 0. The van der Waals surface area contributed by atoms with Crippen LogP contribution in [0.25, 0.3) is 0 Å². The van der Waals surface area contributed by atoms with Crippen molar-refractivity contribution < 1.29 is 30.0 Å². The number of hydrogen-bond donors (Lipinski definition) is 4. The molecule has 0 radical (unpaired) electrons. The Kier molecular flexibility index (Phi) is 11.8. The average Bonchev–Trinajstić information content (AvgIpc) is 2.34. The number of aliphatic hydroxyl groups excluding tert-OH is 2. The van der Waals surface area contributed by atoms with Crippen LogP contribution in [-0.4, -0.2) is 44.6 Å². The lowest BCUT2D eigenvalue weighted by Crippen LogP contribution is -2.21. The highest BCUT2D eigenvalue weighted by atomic mass is 16.4. The van der Waals surface area contributed by atoms with Crippen molar-refractivity contribution >= 4 is 11.9 Å². The molecular formula is C13H22O6. The minimum Gasteiger partial charge on any atom is -0.478 e. The van der Waals surface area contributed by atoms with Crippen LogP contribution in [0.15, 0.2) is 24.8 Å². The highest BCUT2D eigenvalue weighted by Gasteiger charge is 2.15. The van der Waals surface area contributed by atoms with Crippen LogP contribution in [0, 0.1) is 0 Å². The number of aliphatic hydroxyl groups is 2. The smallest absolute Gasteiger partial charge is 0.330 e. The average molecular weight is 274 g/mol. The first kappa shape index (κ1) is 19.7. The Morgan fingerprint density at radius 1 is 1.05 bits per heavy atom. The Labute approximate surface area is 112 Å². The molecule has 0 spiro atoms. The van der Waals surface area contributed by atoms with Crippen molar-refractivity contribution in [2.75, 3.05) is 0 Å². The second-order valence-corrected chi connectivity index (χ2v) is 4.09. The van der Waals surface area contributed by atoms with Crippen LogP contribution in [-0.2, 0) is 9.59 Å². The van der Waals surface area contributed by atoms with E-state index in [-0.39, 0.29) is 17.8 Å². The predicted molar refractivity (Wildman–Crippen MR) is 70.8 cm³/mol. The molecular weight excluding hydrogens is 252 g/mol. The van der Waals surface area contributed by atoms with E-state index in [9.17, 15) is 9.59 Å². The molecule has 1 rings (SSSR count). The van der Waals surface area contributed by atoms with Crippen LogP contribution in [0.1, 0.15) is 32.6 Å². The molecule has 4 N–H and O–H groups in total. The second-order valence-electron chi connectivity index (χ2n) is 4.09. The molecule has 1 saturated carbocycles. The predicted octanol–water partition coefficient (Wildman–Crippen LogP) is 1.19. The fourth-order valence-corrected chi connectivity index (χ4v) is 1.06. The van der Waals surface area contributed by atoms with E-state index in [1.54, 1.807) is 0 Å². The third-order valence-electron chi connectivity index (χ3n) is 2.21. The Morgan fingerprint density at radius 2 is 1.26 bits per heavy atom. The summed E-state index contributed by atoms with van der Waals surface area (Å²) in [4.78, 5) is 18.8. The molecule has 0 atom stereocenters. The first-order chi connectivity index (χ1) is 8.70. The van der Waals surface area contributed by atoms with Crippen molar-refractivity contribution in [2.45, 2.75) is 44.8 Å². The number of rotatable bonds is 2. The van der Waals surface area contributed by atoms with E-state index in [0.717, 1.165) is 31.8 Å².